The minimum atomic E-state index is 0.136. The SMILES string of the molecule is CCCC(C)C(=O)N(C)C(C)c1cccs1. The van der Waals surface area contributed by atoms with Gasteiger partial charge in [-0.25, -0.2) is 0 Å². The van der Waals surface area contributed by atoms with Crippen LogP contribution in [-0.2, 0) is 4.79 Å². The lowest BCUT2D eigenvalue weighted by molar-refractivity contribution is -0.135. The number of hydrogen-bond donors (Lipinski definition) is 0. The summed E-state index contributed by atoms with van der Waals surface area (Å²) in [6.45, 7) is 6.22. The van der Waals surface area contributed by atoms with Crippen LogP contribution in [0.5, 0.6) is 0 Å². The summed E-state index contributed by atoms with van der Waals surface area (Å²) in [5, 5.41) is 2.06. The highest BCUT2D eigenvalue weighted by Crippen LogP contribution is 2.25. The Labute approximate surface area is 102 Å². The molecule has 1 amide bonds. The highest BCUT2D eigenvalue weighted by atomic mass is 32.1. The first-order valence-corrected chi connectivity index (χ1v) is 6.76. The van der Waals surface area contributed by atoms with Crippen molar-refractivity contribution in [3.05, 3.63) is 22.4 Å². The molecule has 0 aliphatic carbocycles. The Morgan fingerprint density at radius 3 is 2.69 bits per heavy atom. The van der Waals surface area contributed by atoms with Crippen LogP contribution >= 0.6 is 11.3 Å². The van der Waals surface area contributed by atoms with Gasteiger partial charge in [0.05, 0.1) is 6.04 Å². The molecule has 0 radical (unpaired) electrons. The lowest BCUT2D eigenvalue weighted by Crippen LogP contribution is -2.33. The molecule has 0 fully saturated rings. The minimum absolute atomic E-state index is 0.136. The smallest absolute Gasteiger partial charge is 0.225 e. The standard InChI is InChI=1S/C13H21NOS/c1-5-7-10(2)13(15)14(4)11(3)12-8-6-9-16-12/h6,8-11H,5,7H2,1-4H3. The molecule has 0 bridgehead atoms. The van der Waals surface area contributed by atoms with Gasteiger partial charge in [-0.05, 0) is 24.8 Å². The summed E-state index contributed by atoms with van der Waals surface area (Å²) in [7, 11) is 1.90. The molecule has 3 heteroatoms. The van der Waals surface area contributed by atoms with Crippen molar-refractivity contribution in [3.8, 4) is 0 Å². The lowest BCUT2D eigenvalue weighted by Gasteiger charge is -2.27. The summed E-state index contributed by atoms with van der Waals surface area (Å²) in [4.78, 5) is 15.2. The van der Waals surface area contributed by atoms with Crippen molar-refractivity contribution in [1.29, 1.82) is 0 Å². The maximum atomic E-state index is 12.1. The summed E-state index contributed by atoms with van der Waals surface area (Å²) in [6, 6.07) is 4.31. The van der Waals surface area contributed by atoms with Crippen LogP contribution in [0.2, 0.25) is 0 Å². The minimum Gasteiger partial charge on any atom is -0.338 e. The Balaban J connectivity index is 2.63. The van der Waals surface area contributed by atoms with Gasteiger partial charge in [-0.2, -0.15) is 0 Å². The number of amides is 1. The van der Waals surface area contributed by atoms with Gasteiger partial charge in [-0.15, -0.1) is 11.3 Å². The zero-order valence-electron chi connectivity index (χ0n) is 10.6. The van der Waals surface area contributed by atoms with E-state index in [1.165, 1.54) is 4.88 Å². The summed E-state index contributed by atoms with van der Waals surface area (Å²) in [5.41, 5.74) is 0. The molecule has 0 saturated heterocycles. The van der Waals surface area contributed by atoms with Gasteiger partial charge >= 0.3 is 0 Å². The van der Waals surface area contributed by atoms with Gasteiger partial charge in [0.1, 0.15) is 0 Å². The zero-order valence-corrected chi connectivity index (χ0v) is 11.4. The number of carbonyl (C=O) groups is 1. The predicted octanol–water partition coefficient (Wildman–Crippen LogP) is 3.70. The molecule has 1 rings (SSSR count). The van der Waals surface area contributed by atoms with E-state index in [2.05, 4.69) is 25.3 Å². The van der Waals surface area contributed by atoms with Crippen LogP contribution in [0.4, 0.5) is 0 Å². The van der Waals surface area contributed by atoms with Crippen molar-refractivity contribution in [2.45, 2.75) is 39.7 Å². The Kier molecular flexibility index (Phi) is 5.00. The summed E-state index contributed by atoms with van der Waals surface area (Å²) >= 11 is 1.71. The van der Waals surface area contributed by atoms with Crippen LogP contribution in [-0.4, -0.2) is 17.9 Å². The first-order chi connectivity index (χ1) is 7.57. The van der Waals surface area contributed by atoms with Gasteiger partial charge in [0.2, 0.25) is 5.91 Å². The third-order valence-corrected chi connectivity index (χ3v) is 4.07. The van der Waals surface area contributed by atoms with Crippen LogP contribution in [0, 0.1) is 5.92 Å². The third kappa shape index (κ3) is 3.08. The fourth-order valence-electron chi connectivity index (χ4n) is 1.81. The van der Waals surface area contributed by atoms with Crippen molar-refractivity contribution >= 4 is 17.2 Å². The molecule has 0 aliphatic heterocycles. The number of thiophene rings is 1. The van der Waals surface area contributed by atoms with Gasteiger partial charge in [0.25, 0.3) is 0 Å². The molecule has 0 spiro atoms. The average Bonchev–Trinajstić information content (AvgIpc) is 2.79. The summed E-state index contributed by atoms with van der Waals surface area (Å²) < 4.78 is 0. The van der Waals surface area contributed by atoms with E-state index in [-0.39, 0.29) is 17.9 Å². The van der Waals surface area contributed by atoms with Crippen LogP contribution in [0.3, 0.4) is 0 Å². The second-order valence-corrected chi connectivity index (χ2v) is 5.31. The number of rotatable bonds is 5. The molecule has 2 unspecified atom stereocenters. The van der Waals surface area contributed by atoms with E-state index in [0.717, 1.165) is 12.8 Å². The fourth-order valence-corrected chi connectivity index (χ4v) is 2.64. The number of nitrogens with zero attached hydrogens (tertiary/aromatic N) is 1. The molecule has 0 aliphatic rings. The molecule has 16 heavy (non-hydrogen) atoms. The Bertz CT molecular complexity index is 321. The van der Waals surface area contributed by atoms with E-state index in [9.17, 15) is 4.79 Å². The quantitative estimate of drug-likeness (QED) is 0.767. The first-order valence-electron chi connectivity index (χ1n) is 5.88. The lowest BCUT2D eigenvalue weighted by atomic mass is 10.0. The molecule has 0 aromatic carbocycles. The van der Waals surface area contributed by atoms with Crippen molar-refractivity contribution in [2.24, 2.45) is 5.92 Å². The highest BCUT2D eigenvalue weighted by Gasteiger charge is 2.22. The molecule has 2 atom stereocenters. The largest absolute Gasteiger partial charge is 0.338 e. The third-order valence-electron chi connectivity index (χ3n) is 3.03. The molecule has 90 valence electrons. The van der Waals surface area contributed by atoms with E-state index >= 15 is 0 Å². The van der Waals surface area contributed by atoms with Crippen molar-refractivity contribution in [1.82, 2.24) is 4.90 Å². The maximum Gasteiger partial charge on any atom is 0.225 e. The van der Waals surface area contributed by atoms with E-state index in [1.54, 1.807) is 11.3 Å². The predicted molar refractivity (Wildman–Crippen MR) is 69.6 cm³/mol. The number of hydrogen-bond acceptors (Lipinski definition) is 2. The van der Waals surface area contributed by atoms with Gasteiger partial charge in [-0.3, -0.25) is 4.79 Å². The molecule has 1 aromatic rings. The van der Waals surface area contributed by atoms with E-state index in [0.29, 0.717) is 0 Å². The van der Waals surface area contributed by atoms with E-state index in [4.69, 9.17) is 0 Å². The fraction of sp³-hybridized carbons (Fsp3) is 0.615. The van der Waals surface area contributed by atoms with Crippen LogP contribution in [0.1, 0.15) is 44.5 Å². The molecule has 1 heterocycles. The molecule has 2 nitrogen and oxygen atoms in total. The van der Waals surface area contributed by atoms with Crippen LogP contribution < -0.4 is 0 Å². The molecule has 0 N–H and O–H groups in total. The second kappa shape index (κ2) is 6.04. The summed E-state index contributed by atoms with van der Waals surface area (Å²) in [6.07, 6.45) is 2.04. The van der Waals surface area contributed by atoms with E-state index in [1.807, 2.05) is 24.9 Å². The van der Waals surface area contributed by atoms with Gasteiger partial charge in [0.15, 0.2) is 0 Å². The Morgan fingerprint density at radius 2 is 2.19 bits per heavy atom. The van der Waals surface area contributed by atoms with Crippen molar-refractivity contribution in [2.75, 3.05) is 7.05 Å². The van der Waals surface area contributed by atoms with Crippen LogP contribution in [0.25, 0.3) is 0 Å². The van der Waals surface area contributed by atoms with E-state index < -0.39 is 0 Å². The highest BCUT2D eigenvalue weighted by molar-refractivity contribution is 7.10. The zero-order chi connectivity index (χ0) is 12.1. The normalized spacial score (nSPS) is 14.5. The average molecular weight is 239 g/mol. The topological polar surface area (TPSA) is 20.3 Å². The summed E-state index contributed by atoms with van der Waals surface area (Å²) in [5.74, 6) is 0.389. The Hall–Kier alpha value is -0.830. The van der Waals surface area contributed by atoms with Gasteiger partial charge < -0.3 is 4.90 Å². The van der Waals surface area contributed by atoms with Gasteiger partial charge in [-0.1, -0.05) is 26.3 Å². The molecule has 0 saturated carbocycles. The van der Waals surface area contributed by atoms with Gasteiger partial charge in [0, 0.05) is 17.8 Å². The monoisotopic (exact) mass is 239 g/mol. The Morgan fingerprint density at radius 1 is 1.50 bits per heavy atom. The van der Waals surface area contributed by atoms with Crippen LogP contribution in [0.15, 0.2) is 17.5 Å². The first kappa shape index (κ1) is 13.2. The molecule has 1 aromatic heterocycles. The molecular weight excluding hydrogens is 218 g/mol. The molecular formula is C13H21NOS. The number of carbonyl (C=O) groups excluding carboxylic acids is 1. The maximum absolute atomic E-state index is 12.1. The van der Waals surface area contributed by atoms with Crippen molar-refractivity contribution in [3.63, 3.8) is 0 Å². The van der Waals surface area contributed by atoms with Crippen molar-refractivity contribution < 1.29 is 4.79 Å². The second-order valence-electron chi connectivity index (χ2n) is 4.33.